The van der Waals surface area contributed by atoms with Crippen molar-refractivity contribution in [1.82, 2.24) is 0 Å². The van der Waals surface area contributed by atoms with Crippen LogP contribution in [0.15, 0.2) is 65.7 Å². The molecule has 1 atom stereocenters. The Morgan fingerprint density at radius 2 is 1.78 bits per heavy atom. The van der Waals surface area contributed by atoms with E-state index >= 15 is 0 Å². The molecular weight excluding hydrogens is 336 g/mol. The fourth-order valence-corrected chi connectivity index (χ4v) is 4.55. The van der Waals surface area contributed by atoms with Crippen molar-refractivity contribution in [2.75, 3.05) is 0 Å². The maximum absolute atomic E-state index is 13.1. The van der Waals surface area contributed by atoms with E-state index in [9.17, 15) is 9.59 Å². The topological polar surface area (TPSA) is 43.4 Å². The second kappa shape index (κ2) is 7.15. The van der Waals surface area contributed by atoms with Crippen molar-refractivity contribution in [3.8, 4) is 5.75 Å². The van der Waals surface area contributed by atoms with Crippen molar-refractivity contribution in [3.05, 3.63) is 76.9 Å². The molecule has 0 amide bonds. The summed E-state index contributed by atoms with van der Waals surface area (Å²) in [4.78, 5) is 25.4. The van der Waals surface area contributed by atoms with Gasteiger partial charge in [-0.1, -0.05) is 42.5 Å². The van der Waals surface area contributed by atoms with Gasteiger partial charge in [-0.25, -0.2) is 0 Å². The fourth-order valence-electron chi connectivity index (χ4n) is 4.55. The highest BCUT2D eigenvalue weighted by Gasteiger charge is 2.48. The molecule has 0 unspecified atom stereocenters. The molecule has 2 aromatic rings. The SMILES string of the molecule is CC1=C2CCCC(=O)[C@@]2(c2cccc(OCc3ccccc3)c2)CCC1=O. The predicted octanol–water partition coefficient (Wildman–Crippen LogP) is 4.94. The zero-order valence-electron chi connectivity index (χ0n) is 15.7. The van der Waals surface area contributed by atoms with E-state index in [4.69, 9.17) is 4.74 Å². The summed E-state index contributed by atoms with van der Waals surface area (Å²) >= 11 is 0. The van der Waals surface area contributed by atoms with E-state index < -0.39 is 5.41 Å². The smallest absolute Gasteiger partial charge is 0.158 e. The molecule has 3 nitrogen and oxygen atoms in total. The molecule has 4 rings (SSSR count). The molecule has 0 saturated heterocycles. The number of hydrogen-bond donors (Lipinski definition) is 0. The number of carbonyl (C=O) groups excluding carboxylic acids is 2. The lowest BCUT2D eigenvalue weighted by Crippen LogP contribution is -2.44. The second-order valence-electron chi connectivity index (χ2n) is 7.51. The Hall–Kier alpha value is -2.68. The molecule has 2 aliphatic carbocycles. The molecule has 0 radical (unpaired) electrons. The van der Waals surface area contributed by atoms with Crippen LogP contribution in [0.4, 0.5) is 0 Å². The number of Topliss-reactive ketones (excluding diaryl/α,β-unsaturated/α-hetero) is 2. The molecule has 0 aliphatic heterocycles. The van der Waals surface area contributed by atoms with Gasteiger partial charge in [0.25, 0.3) is 0 Å². The highest BCUT2D eigenvalue weighted by atomic mass is 16.5. The molecule has 1 saturated carbocycles. The molecule has 0 spiro atoms. The van der Waals surface area contributed by atoms with Gasteiger partial charge in [-0.2, -0.15) is 0 Å². The monoisotopic (exact) mass is 360 g/mol. The van der Waals surface area contributed by atoms with E-state index in [1.807, 2.05) is 61.5 Å². The average molecular weight is 360 g/mol. The van der Waals surface area contributed by atoms with E-state index in [1.165, 1.54) is 0 Å². The summed E-state index contributed by atoms with van der Waals surface area (Å²) in [7, 11) is 0. The van der Waals surface area contributed by atoms with Gasteiger partial charge >= 0.3 is 0 Å². The molecule has 0 bridgehead atoms. The third-order valence-corrected chi connectivity index (χ3v) is 5.99. The largest absolute Gasteiger partial charge is 0.489 e. The standard InChI is InChI=1S/C24H24O3/c1-17-21-11-6-12-23(26)24(21,14-13-22(17)25)19-9-5-10-20(15-19)27-16-18-7-3-2-4-8-18/h2-5,7-10,15H,6,11-14,16H2,1H3/t24-/m1/s1. The molecule has 1 fully saturated rings. The van der Waals surface area contributed by atoms with Crippen LogP contribution in [-0.2, 0) is 21.6 Å². The Labute approximate surface area is 160 Å². The Balaban J connectivity index is 1.69. The van der Waals surface area contributed by atoms with Gasteiger partial charge < -0.3 is 4.74 Å². The third-order valence-electron chi connectivity index (χ3n) is 5.99. The van der Waals surface area contributed by atoms with Gasteiger partial charge in [-0.05, 0) is 60.6 Å². The summed E-state index contributed by atoms with van der Waals surface area (Å²) in [6, 6.07) is 17.9. The van der Waals surface area contributed by atoms with Crippen LogP contribution in [0.3, 0.4) is 0 Å². The van der Waals surface area contributed by atoms with Gasteiger partial charge in [-0.3, -0.25) is 9.59 Å². The summed E-state index contributed by atoms with van der Waals surface area (Å²) in [5.74, 6) is 1.20. The van der Waals surface area contributed by atoms with E-state index in [2.05, 4.69) is 0 Å². The third kappa shape index (κ3) is 3.12. The number of hydrogen-bond acceptors (Lipinski definition) is 3. The maximum Gasteiger partial charge on any atom is 0.158 e. The summed E-state index contributed by atoms with van der Waals surface area (Å²) in [5.41, 5.74) is 3.27. The average Bonchev–Trinajstić information content (AvgIpc) is 2.71. The van der Waals surface area contributed by atoms with E-state index in [1.54, 1.807) is 0 Å². The quantitative estimate of drug-likeness (QED) is 0.776. The van der Waals surface area contributed by atoms with Crippen LogP contribution in [0.25, 0.3) is 0 Å². The number of ketones is 2. The number of fused-ring (bicyclic) bond motifs is 1. The van der Waals surface area contributed by atoms with Crippen molar-refractivity contribution in [1.29, 1.82) is 0 Å². The molecule has 27 heavy (non-hydrogen) atoms. The predicted molar refractivity (Wildman–Crippen MR) is 105 cm³/mol. The van der Waals surface area contributed by atoms with Crippen molar-refractivity contribution in [2.45, 2.75) is 51.0 Å². The van der Waals surface area contributed by atoms with Crippen LogP contribution in [-0.4, -0.2) is 11.6 Å². The van der Waals surface area contributed by atoms with Gasteiger partial charge in [-0.15, -0.1) is 0 Å². The molecule has 138 valence electrons. The second-order valence-corrected chi connectivity index (χ2v) is 7.51. The summed E-state index contributed by atoms with van der Waals surface area (Å²) in [6.45, 7) is 2.38. The van der Waals surface area contributed by atoms with E-state index in [-0.39, 0.29) is 11.6 Å². The Morgan fingerprint density at radius 1 is 0.963 bits per heavy atom. The molecule has 0 heterocycles. The lowest BCUT2D eigenvalue weighted by molar-refractivity contribution is -0.126. The number of ether oxygens (including phenoxy) is 1. The lowest BCUT2D eigenvalue weighted by atomic mass is 9.59. The van der Waals surface area contributed by atoms with Crippen molar-refractivity contribution in [2.24, 2.45) is 0 Å². The minimum Gasteiger partial charge on any atom is -0.489 e. The first-order chi connectivity index (χ1) is 13.1. The van der Waals surface area contributed by atoms with E-state index in [0.717, 1.165) is 40.9 Å². The zero-order valence-corrected chi connectivity index (χ0v) is 15.7. The Morgan fingerprint density at radius 3 is 2.59 bits per heavy atom. The first-order valence-electron chi connectivity index (χ1n) is 9.65. The van der Waals surface area contributed by atoms with E-state index in [0.29, 0.717) is 25.9 Å². The van der Waals surface area contributed by atoms with Gasteiger partial charge in [0.1, 0.15) is 18.1 Å². The fraction of sp³-hybridized carbons (Fsp3) is 0.333. The molecule has 3 heteroatoms. The Kier molecular flexibility index (Phi) is 4.69. The normalized spacial score (nSPS) is 22.6. The van der Waals surface area contributed by atoms with Crippen LogP contribution in [0, 0.1) is 0 Å². The van der Waals surface area contributed by atoms with Crippen LogP contribution < -0.4 is 4.74 Å². The molecule has 0 N–H and O–H groups in total. The number of benzene rings is 2. The zero-order chi connectivity index (χ0) is 18.9. The lowest BCUT2D eigenvalue weighted by Gasteiger charge is -2.42. The van der Waals surface area contributed by atoms with Crippen LogP contribution >= 0.6 is 0 Å². The highest BCUT2D eigenvalue weighted by molar-refractivity contribution is 6.04. The summed E-state index contributed by atoms with van der Waals surface area (Å²) in [5, 5.41) is 0. The summed E-state index contributed by atoms with van der Waals surface area (Å²) < 4.78 is 5.99. The Bertz CT molecular complexity index is 910. The minimum atomic E-state index is -0.637. The van der Waals surface area contributed by atoms with Crippen molar-refractivity contribution >= 4 is 11.6 Å². The number of rotatable bonds is 4. The first-order valence-corrected chi connectivity index (χ1v) is 9.65. The van der Waals surface area contributed by atoms with Crippen molar-refractivity contribution in [3.63, 3.8) is 0 Å². The first kappa shape index (κ1) is 17.7. The molecule has 2 aromatic carbocycles. The summed E-state index contributed by atoms with van der Waals surface area (Å²) in [6.07, 6.45) is 3.28. The number of allylic oxidation sites excluding steroid dienone is 2. The molecular formula is C24H24O3. The van der Waals surface area contributed by atoms with Crippen LogP contribution in [0.1, 0.15) is 50.2 Å². The van der Waals surface area contributed by atoms with Crippen molar-refractivity contribution < 1.29 is 14.3 Å². The van der Waals surface area contributed by atoms with Gasteiger partial charge in [0.2, 0.25) is 0 Å². The van der Waals surface area contributed by atoms with Gasteiger partial charge in [0.15, 0.2) is 5.78 Å². The molecule has 0 aromatic heterocycles. The van der Waals surface area contributed by atoms with Crippen LogP contribution in [0.2, 0.25) is 0 Å². The minimum absolute atomic E-state index is 0.187. The van der Waals surface area contributed by atoms with Gasteiger partial charge in [0.05, 0.1) is 5.41 Å². The number of carbonyl (C=O) groups is 2. The van der Waals surface area contributed by atoms with Crippen LogP contribution in [0.5, 0.6) is 5.75 Å². The maximum atomic E-state index is 13.1. The molecule has 2 aliphatic rings. The highest BCUT2D eigenvalue weighted by Crippen LogP contribution is 2.49. The van der Waals surface area contributed by atoms with Gasteiger partial charge in [0, 0.05) is 12.8 Å².